The molecule has 1 aromatic carbocycles. The Balaban J connectivity index is 0.00000256. The van der Waals surface area contributed by atoms with Crippen LogP contribution in [-0.4, -0.2) is 48.4 Å². The van der Waals surface area contributed by atoms with Gasteiger partial charge in [-0.05, 0) is 66.2 Å². The van der Waals surface area contributed by atoms with Crippen molar-refractivity contribution in [1.29, 1.82) is 0 Å². The van der Waals surface area contributed by atoms with Gasteiger partial charge in [-0.15, -0.1) is 35.1 Å². The first-order chi connectivity index (χ1) is 14.1. The molecule has 2 heterocycles. The topological polar surface area (TPSA) is 23.6 Å². The van der Waals surface area contributed by atoms with Gasteiger partial charge in [0.2, 0.25) is 5.91 Å². The van der Waals surface area contributed by atoms with Gasteiger partial charge in [-0.3, -0.25) is 4.79 Å². The number of fused-ring (bicyclic) bond motifs is 1. The SMILES string of the molecule is CN(CCc1cccs1)[C@@H]1CCCC[C@H]1N(C)C(=O)Cc1cccc2sccc12.Cl. The molecule has 2 aromatic heterocycles. The van der Waals surface area contributed by atoms with Gasteiger partial charge in [-0.2, -0.15) is 0 Å². The third-order valence-corrected chi connectivity index (χ3v) is 8.19. The van der Waals surface area contributed by atoms with Gasteiger partial charge >= 0.3 is 0 Å². The van der Waals surface area contributed by atoms with Gasteiger partial charge in [-0.25, -0.2) is 0 Å². The Morgan fingerprint density at radius 3 is 2.57 bits per heavy atom. The predicted octanol–water partition coefficient (Wildman–Crippen LogP) is 5.87. The second-order valence-corrected chi connectivity index (χ2v) is 10.1. The number of thiophene rings is 2. The summed E-state index contributed by atoms with van der Waals surface area (Å²) in [6, 6.07) is 13.6. The molecule has 1 amide bonds. The molecule has 6 heteroatoms. The second-order valence-electron chi connectivity index (χ2n) is 8.16. The largest absolute Gasteiger partial charge is 0.341 e. The van der Waals surface area contributed by atoms with Crippen molar-refractivity contribution in [2.45, 2.75) is 50.6 Å². The first kappa shape index (κ1) is 23.3. The van der Waals surface area contributed by atoms with Gasteiger partial charge in [0.05, 0.1) is 6.42 Å². The van der Waals surface area contributed by atoms with Crippen LogP contribution in [0.2, 0.25) is 0 Å². The fourth-order valence-electron chi connectivity index (χ4n) is 4.65. The number of rotatable bonds is 7. The van der Waals surface area contributed by atoms with Crippen LogP contribution in [0.25, 0.3) is 10.1 Å². The number of likely N-dealkylation sites (N-methyl/N-ethyl adjacent to an activating group) is 2. The fourth-order valence-corrected chi connectivity index (χ4v) is 6.18. The van der Waals surface area contributed by atoms with E-state index in [9.17, 15) is 4.79 Å². The van der Waals surface area contributed by atoms with E-state index in [2.05, 4.69) is 64.0 Å². The van der Waals surface area contributed by atoms with Crippen LogP contribution in [-0.2, 0) is 17.6 Å². The number of carbonyl (C=O) groups excluding carboxylic acids is 1. The van der Waals surface area contributed by atoms with E-state index in [0.29, 0.717) is 18.5 Å². The van der Waals surface area contributed by atoms with E-state index in [1.54, 1.807) is 11.3 Å². The highest BCUT2D eigenvalue weighted by Crippen LogP contribution is 2.28. The van der Waals surface area contributed by atoms with E-state index in [4.69, 9.17) is 0 Å². The summed E-state index contributed by atoms with van der Waals surface area (Å²) in [7, 11) is 4.26. The summed E-state index contributed by atoms with van der Waals surface area (Å²) in [5.41, 5.74) is 1.15. The molecular formula is C24H31ClN2OS2. The zero-order valence-electron chi connectivity index (χ0n) is 17.8. The standard InChI is InChI=1S/C24H30N2OS2.ClH/c1-25(14-12-19-8-6-15-28-19)21-9-3-4-10-22(21)26(2)24(27)17-18-7-5-11-23-20(18)13-16-29-23;/h5-8,11,13,15-16,21-22H,3-4,9-10,12,14,17H2,1-2H3;1H/t21-,22-;/m1./s1. The molecule has 1 saturated carbocycles. The summed E-state index contributed by atoms with van der Waals surface area (Å²) in [5, 5.41) is 5.49. The lowest BCUT2D eigenvalue weighted by Crippen LogP contribution is -2.53. The van der Waals surface area contributed by atoms with Gasteiger partial charge in [0.25, 0.3) is 0 Å². The van der Waals surface area contributed by atoms with E-state index in [0.717, 1.165) is 24.9 Å². The molecule has 4 rings (SSSR count). The van der Waals surface area contributed by atoms with E-state index >= 15 is 0 Å². The van der Waals surface area contributed by atoms with Crippen LogP contribution in [0.3, 0.4) is 0 Å². The Bertz CT molecular complexity index is 940. The van der Waals surface area contributed by atoms with E-state index in [1.165, 1.54) is 34.2 Å². The highest BCUT2D eigenvalue weighted by molar-refractivity contribution is 7.17. The number of hydrogen-bond acceptors (Lipinski definition) is 4. The third-order valence-electron chi connectivity index (χ3n) is 6.37. The Hall–Kier alpha value is -1.40. The number of amides is 1. The summed E-state index contributed by atoms with van der Waals surface area (Å²) in [4.78, 5) is 19.2. The number of carbonyl (C=O) groups is 1. The summed E-state index contributed by atoms with van der Waals surface area (Å²) in [5.74, 6) is 0.243. The normalized spacial score (nSPS) is 19.0. The van der Waals surface area contributed by atoms with E-state index in [1.807, 2.05) is 18.4 Å². The summed E-state index contributed by atoms with van der Waals surface area (Å²) in [6.07, 6.45) is 6.36. The number of halogens is 1. The Labute approximate surface area is 194 Å². The molecule has 3 aromatic rings. The first-order valence-corrected chi connectivity index (χ1v) is 12.3. The zero-order chi connectivity index (χ0) is 20.2. The lowest BCUT2D eigenvalue weighted by Gasteiger charge is -2.42. The van der Waals surface area contributed by atoms with Crippen molar-refractivity contribution in [3.8, 4) is 0 Å². The molecular weight excluding hydrogens is 432 g/mol. The molecule has 0 radical (unpaired) electrons. The van der Waals surface area contributed by atoms with Crippen LogP contribution < -0.4 is 0 Å². The van der Waals surface area contributed by atoms with Crippen LogP contribution in [0.4, 0.5) is 0 Å². The van der Waals surface area contributed by atoms with Gasteiger partial charge < -0.3 is 9.80 Å². The average Bonchev–Trinajstić information content (AvgIpc) is 3.43. The molecule has 0 aliphatic heterocycles. The molecule has 162 valence electrons. The van der Waals surface area contributed by atoms with Gasteiger partial charge in [-0.1, -0.05) is 31.0 Å². The van der Waals surface area contributed by atoms with Crippen LogP contribution >= 0.6 is 35.1 Å². The van der Waals surface area contributed by atoms with Crippen molar-refractivity contribution < 1.29 is 4.79 Å². The highest BCUT2D eigenvalue weighted by atomic mass is 35.5. The molecule has 0 unspecified atom stereocenters. The Morgan fingerprint density at radius 2 is 1.80 bits per heavy atom. The molecule has 0 saturated heterocycles. The zero-order valence-corrected chi connectivity index (χ0v) is 20.2. The van der Waals surface area contributed by atoms with Crippen molar-refractivity contribution in [3.05, 3.63) is 57.6 Å². The average molecular weight is 463 g/mol. The number of hydrogen-bond donors (Lipinski definition) is 0. The van der Waals surface area contributed by atoms with E-state index in [-0.39, 0.29) is 18.3 Å². The smallest absolute Gasteiger partial charge is 0.227 e. The van der Waals surface area contributed by atoms with Gasteiger partial charge in [0.15, 0.2) is 0 Å². The molecule has 1 aliphatic carbocycles. The molecule has 3 nitrogen and oxygen atoms in total. The quantitative estimate of drug-likeness (QED) is 0.438. The monoisotopic (exact) mass is 462 g/mol. The molecule has 0 bridgehead atoms. The van der Waals surface area contributed by atoms with Crippen LogP contribution in [0.15, 0.2) is 47.2 Å². The van der Waals surface area contributed by atoms with Crippen LogP contribution in [0.1, 0.15) is 36.1 Å². The minimum atomic E-state index is 0. The maximum Gasteiger partial charge on any atom is 0.227 e. The molecule has 0 spiro atoms. The minimum absolute atomic E-state index is 0. The number of nitrogens with zero attached hydrogens (tertiary/aromatic N) is 2. The van der Waals surface area contributed by atoms with E-state index < -0.39 is 0 Å². The Kier molecular flexibility index (Phi) is 8.35. The van der Waals surface area contributed by atoms with Crippen molar-refractivity contribution in [2.24, 2.45) is 0 Å². The van der Waals surface area contributed by atoms with Gasteiger partial charge in [0.1, 0.15) is 0 Å². The second kappa shape index (κ2) is 10.8. The van der Waals surface area contributed by atoms with Crippen LogP contribution in [0.5, 0.6) is 0 Å². The molecule has 1 fully saturated rings. The minimum Gasteiger partial charge on any atom is -0.341 e. The molecule has 1 aliphatic rings. The first-order valence-electron chi connectivity index (χ1n) is 10.6. The molecule has 2 atom stereocenters. The van der Waals surface area contributed by atoms with Crippen molar-refractivity contribution in [1.82, 2.24) is 9.80 Å². The van der Waals surface area contributed by atoms with Crippen molar-refractivity contribution in [2.75, 3.05) is 20.6 Å². The van der Waals surface area contributed by atoms with Gasteiger partial charge in [0, 0.05) is 35.3 Å². The van der Waals surface area contributed by atoms with Crippen LogP contribution in [0, 0.1) is 0 Å². The summed E-state index contributed by atoms with van der Waals surface area (Å²) in [6.45, 7) is 1.05. The maximum absolute atomic E-state index is 13.2. The summed E-state index contributed by atoms with van der Waals surface area (Å²) >= 11 is 3.58. The predicted molar refractivity (Wildman–Crippen MR) is 132 cm³/mol. The highest BCUT2D eigenvalue weighted by Gasteiger charge is 2.33. The fraction of sp³-hybridized carbons (Fsp3) is 0.458. The molecule has 0 N–H and O–H groups in total. The Morgan fingerprint density at radius 1 is 1.00 bits per heavy atom. The number of benzene rings is 1. The summed E-state index contributed by atoms with van der Waals surface area (Å²) < 4.78 is 1.27. The van der Waals surface area contributed by atoms with Crippen molar-refractivity contribution in [3.63, 3.8) is 0 Å². The maximum atomic E-state index is 13.2. The lowest BCUT2D eigenvalue weighted by atomic mass is 9.88. The van der Waals surface area contributed by atoms with Crippen molar-refractivity contribution >= 4 is 51.1 Å². The lowest BCUT2D eigenvalue weighted by molar-refractivity contribution is -0.133. The molecule has 30 heavy (non-hydrogen) atoms. The third kappa shape index (κ3) is 5.25.